The van der Waals surface area contributed by atoms with Crippen LogP contribution in [0.5, 0.6) is 11.5 Å². The van der Waals surface area contributed by atoms with Gasteiger partial charge in [0.15, 0.2) is 24.2 Å². The average molecular weight is 483 g/mol. The normalized spacial score (nSPS) is 12.0. The molecule has 33 heavy (non-hydrogen) atoms. The molecule has 7 nitrogen and oxygen atoms in total. The first kappa shape index (κ1) is 25.5. The molecule has 1 N–H and O–H groups in total. The van der Waals surface area contributed by atoms with Crippen LogP contribution in [0.3, 0.4) is 0 Å². The lowest BCUT2D eigenvalue weighted by molar-refractivity contribution is -0.148. The SMILES string of the molecule is COc1cc(C=CC(=O)OC(C)C(=O)Nc2cc(C(F)(F)F)ccc2Cl)ccc1OCC#N. The molecule has 174 valence electrons. The van der Waals surface area contributed by atoms with Crippen LogP contribution in [0.2, 0.25) is 5.02 Å². The van der Waals surface area contributed by atoms with Gasteiger partial charge in [-0.2, -0.15) is 18.4 Å². The molecule has 0 heterocycles. The van der Waals surface area contributed by atoms with Gasteiger partial charge in [-0.05, 0) is 48.9 Å². The molecule has 2 rings (SSSR count). The second kappa shape index (κ2) is 11.2. The maximum atomic E-state index is 12.9. The summed E-state index contributed by atoms with van der Waals surface area (Å²) < 4.78 is 53.9. The van der Waals surface area contributed by atoms with Gasteiger partial charge < -0.3 is 19.5 Å². The number of nitriles is 1. The maximum absolute atomic E-state index is 12.9. The minimum absolute atomic E-state index is 0.106. The first-order chi connectivity index (χ1) is 15.5. The van der Waals surface area contributed by atoms with Crippen LogP contribution < -0.4 is 14.8 Å². The Labute approximate surface area is 192 Å². The summed E-state index contributed by atoms with van der Waals surface area (Å²) in [6.07, 6.45) is -3.47. The van der Waals surface area contributed by atoms with Gasteiger partial charge >= 0.3 is 12.1 Å². The number of carbonyl (C=O) groups excluding carboxylic acids is 2. The third-order valence-electron chi connectivity index (χ3n) is 4.11. The number of hydrogen-bond acceptors (Lipinski definition) is 6. The zero-order valence-corrected chi connectivity index (χ0v) is 18.2. The van der Waals surface area contributed by atoms with E-state index in [2.05, 4.69) is 5.32 Å². The fraction of sp³-hybridized carbons (Fsp3) is 0.227. The van der Waals surface area contributed by atoms with Gasteiger partial charge in [-0.25, -0.2) is 4.79 Å². The highest BCUT2D eigenvalue weighted by atomic mass is 35.5. The van der Waals surface area contributed by atoms with E-state index in [-0.39, 0.29) is 17.3 Å². The number of hydrogen-bond donors (Lipinski definition) is 1. The highest BCUT2D eigenvalue weighted by Gasteiger charge is 2.31. The highest BCUT2D eigenvalue weighted by Crippen LogP contribution is 2.34. The Balaban J connectivity index is 2.01. The standard InChI is InChI=1S/C22H18ClF3N2O5/c1-13(21(30)28-17-12-15(22(24,25)26)5-6-16(17)23)33-20(29)8-4-14-3-7-18(32-10-9-27)19(11-14)31-2/h3-8,11-13H,10H2,1-2H3,(H,28,30). The summed E-state index contributed by atoms with van der Waals surface area (Å²) in [5.41, 5.74) is -0.712. The Bertz CT molecular complexity index is 1100. The summed E-state index contributed by atoms with van der Waals surface area (Å²) in [5, 5.41) is 10.7. The molecule has 0 radical (unpaired) electrons. The Morgan fingerprint density at radius 3 is 2.58 bits per heavy atom. The van der Waals surface area contributed by atoms with Gasteiger partial charge in [-0.1, -0.05) is 17.7 Å². The molecule has 0 saturated heterocycles. The molecule has 11 heteroatoms. The lowest BCUT2D eigenvalue weighted by Crippen LogP contribution is -2.29. The monoisotopic (exact) mass is 482 g/mol. The summed E-state index contributed by atoms with van der Waals surface area (Å²) in [4.78, 5) is 24.3. The third-order valence-corrected chi connectivity index (χ3v) is 4.44. The Morgan fingerprint density at radius 2 is 1.94 bits per heavy atom. The average Bonchev–Trinajstić information content (AvgIpc) is 2.77. The van der Waals surface area contributed by atoms with Crippen molar-refractivity contribution in [2.45, 2.75) is 19.2 Å². The number of alkyl halides is 3. The van der Waals surface area contributed by atoms with Crippen LogP contribution in [0, 0.1) is 11.3 Å². The number of esters is 1. The maximum Gasteiger partial charge on any atom is 0.416 e. The van der Waals surface area contributed by atoms with Crippen molar-refractivity contribution in [2.75, 3.05) is 19.0 Å². The van der Waals surface area contributed by atoms with Crippen LogP contribution in [-0.2, 0) is 20.5 Å². The molecule has 2 aromatic rings. The summed E-state index contributed by atoms with van der Waals surface area (Å²) in [7, 11) is 1.41. The van der Waals surface area contributed by atoms with Gasteiger partial charge in [-0.3, -0.25) is 4.79 Å². The molecule has 0 aliphatic rings. The number of rotatable bonds is 8. The number of amides is 1. The lowest BCUT2D eigenvalue weighted by Gasteiger charge is -2.15. The van der Waals surface area contributed by atoms with E-state index in [1.807, 2.05) is 6.07 Å². The van der Waals surface area contributed by atoms with Crippen LogP contribution >= 0.6 is 11.6 Å². The van der Waals surface area contributed by atoms with Crippen molar-refractivity contribution < 1.29 is 37.0 Å². The number of benzene rings is 2. The molecule has 1 atom stereocenters. The van der Waals surface area contributed by atoms with Crippen molar-refractivity contribution in [2.24, 2.45) is 0 Å². The number of ether oxygens (including phenoxy) is 3. The minimum atomic E-state index is -4.62. The minimum Gasteiger partial charge on any atom is -0.493 e. The third kappa shape index (κ3) is 7.43. The number of methoxy groups -OCH3 is 1. The molecular weight excluding hydrogens is 465 g/mol. The van der Waals surface area contributed by atoms with E-state index in [0.29, 0.717) is 23.1 Å². The fourth-order valence-electron chi connectivity index (χ4n) is 2.48. The second-order valence-corrected chi connectivity index (χ2v) is 6.86. The van der Waals surface area contributed by atoms with Crippen molar-refractivity contribution in [1.29, 1.82) is 5.26 Å². The first-order valence-corrected chi connectivity index (χ1v) is 9.67. The molecule has 2 aromatic carbocycles. The smallest absolute Gasteiger partial charge is 0.416 e. The number of carbonyl (C=O) groups is 2. The van der Waals surface area contributed by atoms with Crippen molar-refractivity contribution in [1.82, 2.24) is 0 Å². The van der Waals surface area contributed by atoms with Crippen LogP contribution in [0.15, 0.2) is 42.5 Å². The number of halogens is 4. The molecule has 0 spiro atoms. The topological polar surface area (TPSA) is 97.7 Å². The van der Waals surface area contributed by atoms with E-state index >= 15 is 0 Å². The summed E-state index contributed by atoms with van der Waals surface area (Å²) in [6.45, 7) is 1.09. The van der Waals surface area contributed by atoms with Gasteiger partial charge in [0.1, 0.15) is 6.07 Å². The molecule has 0 aromatic heterocycles. The summed E-state index contributed by atoms with van der Waals surface area (Å²) in [6, 6.07) is 9.02. The molecule has 1 amide bonds. The van der Waals surface area contributed by atoms with E-state index in [1.165, 1.54) is 20.1 Å². The van der Waals surface area contributed by atoms with Gasteiger partial charge in [0.25, 0.3) is 5.91 Å². The Morgan fingerprint density at radius 1 is 1.21 bits per heavy atom. The zero-order valence-electron chi connectivity index (χ0n) is 17.4. The van der Waals surface area contributed by atoms with Gasteiger partial charge in [0.2, 0.25) is 0 Å². The summed E-state index contributed by atoms with van der Waals surface area (Å²) in [5.74, 6) is -1.04. The van der Waals surface area contributed by atoms with Crippen LogP contribution in [0.25, 0.3) is 6.08 Å². The predicted molar refractivity (Wildman–Crippen MR) is 114 cm³/mol. The number of anilines is 1. The van der Waals surface area contributed by atoms with Gasteiger partial charge in [0, 0.05) is 6.08 Å². The van der Waals surface area contributed by atoms with E-state index in [1.54, 1.807) is 18.2 Å². The predicted octanol–water partition coefficient (Wildman–Crippen LogP) is 4.85. The van der Waals surface area contributed by atoms with E-state index in [4.69, 9.17) is 31.1 Å². The number of nitrogens with zero attached hydrogens (tertiary/aromatic N) is 1. The molecule has 0 aliphatic carbocycles. The number of nitrogens with one attached hydrogen (secondary N) is 1. The molecular formula is C22H18ClF3N2O5. The van der Waals surface area contributed by atoms with Crippen LogP contribution in [0.4, 0.5) is 18.9 Å². The van der Waals surface area contributed by atoms with Crippen molar-refractivity contribution in [3.8, 4) is 17.6 Å². The van der Waals surface area contributed by atoms with Gasteiger partial charge in [0.05, 0.1) is 23.4 Å². The van der Waals surface area contributed by atoms with Crippen molar-refractivity contribution >= 4 is 35.2 Å². The molecule has 0 bridgehead atoms. The Kier molecular flexibility index (Phi) is 8.70. The lowest BCUT2D eigenvalue weighted by atomic mass is 10.2. The van der Waals surface area contributed by atoms with E-state index < -0.39 is 29.7 Å². The largest absolute Gasteiger partial charge is 0.493 e. The fourth-order valence-corrected chi connectivity index (χ4v) is 2.64. The van der Waals surface area contributed by atoms with E-state index in [9.17, 15) is 22.8 Å². The Hall–Kier alpha value is -3.71. The van der Waals surface area contributed by atoms with E-state index in [0.717, 1.165) is 18.2 Å². The van der Waals surface area contributed by atoms with Crippen LogP contribution in [-0.4, -0.2) is 31.7 Å². The quantitative estimate of drug-likeness (QED) is 0.426. The second-order valence-electron chi connectivity index (χ2n) is 6.45. The van der Waals surface area contributed by atoms with Gasteiger partial charge in [-0.15, -0.1) is 0 Å². The molecule has 0 saturated carbocycles. The molecule has 0 fully saturated rings. The van der Waals surface area contributed by atoms with Crippen LogP contribution in [0.1, 0.15) is 18.1 Å². The first-order valence-electron chi connectivity index (χ1n) is 9.29. The molecule has 1 unspecified atom stereocenters. The summed E-state index contributed by atoms with van der Waals surface area (Å²) >= 11 is 5.85. The molecule has 0 aliphatic heterocycles. The van der Waals surface area contributed by atoms with Crippen molar-refractivity contribution in [3.63, 3.8) is 0 Å². The highest BCUT2D eigenvalue weighted by molar-refractivity contribution is 6.33. The zero-order chi connectivity index (χ0) is 24.6. The van der Waals surface area contributed by atoms with Crippen molar-refractivity contribution in [3.05, 3.63) is 58.6 Å².